The molecule has 150 valence electrons. The molecule has 1 amide bonds. The van der Waals surface area contributed by atoms with E-state index in [1.54, 1.807) is 0 Å². The number of thioether (sulfide) groups is 1. The lowest BCUT2D eigenvalue weighted by molar-refractivity contribution is -0.384. The molecule has 3 rings (SSSR count). The first kappa shape index (κ1) is 20.6. The number of benzene rings is 1. The third-order valence-electron chi connectivity index (χ3n) is 4.79. The van der Waals surface area contributed by atoms with Gasteiger partial charge >= 0.3 is 0 Å². The number of amides is 1. The third-order valence-corrected chi connectivity index (χ3v) is 6.08. The van der Waals surface area contributed by atoms with E-state index in [-0.39, 0.29) is 22.4 Å². The highest BCUT2D eigenvalue weighted by Crippen LogP contribution is 2.33. The summed E-state index contributed by atoms with van der Waals surface area (Å²) >= 11 is 7.11. The molecule has 1 heterocycles. The van der Waals surface area contributed by atoms with Gasteiger partial charge in [-0.05, 0) is 31.9 Å². The van der Waals surface area contributed by atoms with Crippen LogP contribution < -0.4 is 5.32 Å². The lowest BCUT2D eigenvalue weighted by Crippen LogP contribution is -2.15. The Morgan fingerprint density at radius 1 is 1.36 bits per heavy atom. The predicted octanol–water partition coefficient (Wildman–Crippen LogP) is 4.64. The van der Waals surface area contributed by atoms with Crippen LogP contribution in [0.2, 0.25) is 5.02 Å². The maximum absolute atomic E-state index is 12.3. The first-order valence-electron chi connectivity index (χ1n) is 9.29. The highest BCUT2D eigenvalue weighted by Gasteiger charge is 2.23. The largest absolute Gasteiger partial charge is 0.325 e. The molecule has 1 aliphatic carbocycles. The van der Waals surface area contributed by atoms with Crippen molar-refractivity contribution in [2.75, 3.05) is 11.1 Å². The number of nitro groups is 1. The average Bonchev–Trinajstić information content (AvgIpc) is 3.11. The minimum Gasteiger partial charge on any atom is -0.325 e. The van der Waals surface area contributed by atoms with E-state index in [9.17, 15) is 14.9 Å². The predicted molar refractivity (Wildman–Crippen MR) is 109 cm³/mol. The van der Waals surface area contributed by atoms with Crippen molar-refractivity contribution in [3.63, 3.8) is 0 Å². The fraction of sp³-hybridized carbons (Fsp3) is 0.500. The number of hydrogen-bond donors (Lipinski definition) is 1. The standard InChI is InChI=1S/C18H22ClN5O3S/c1-2-23-17(12-6-4-3-5-7-12)21-22-18(23)28-11-16(25)20-13-8-9-14(19)15(10-13)24(26)27/h8-10,12H,2-7,11H2,1H3,(H,20,25). The molecule has 8 nitrogen and oxygen atoms in total. The quantitative estimate of drug-likeness (QED) is 0.395. The van der Waals surface area contributed by atoms with Crippen molar-refractivity contribution >= 4 is 40.6 Å². The second-order valence-corrected chi connectivity index (χ2v) is 8.03. The number of carbonyl (C=O) groups excluding carboxylic acids is 1. The van der Waals surface area contributed by atoms with Crippen LogP contribution in [0.5, 0.6) is 0 Å². The molecule has 1 aromatic heterocycles. The average molecular weight is 424 g/mol. The Morgan fingerprint density at radius 3 is 2.79 bits per heavy atom. The van der Waals surface area contributed by atoms with Crippen LogP contribution in [0.25, 0.3) is 0 Å². The Labute approximate surface area is 172 Å². The molecular weight excluding hydrogens is 402 g/mol. The number of halogens is 1. The third kappa shape index (κ3) is 4.82. The molecule has 1 saturated carbocycles. The molecule has 0 bridgehead atoms. The van der Waals surface area contributed by atoms with Gasteiger partial charge < -0.3 is 9.88 Å². The molecule has 0 saturated heterocycles. The monoisotopic (exact) mass is 423 g/mol. The molecular formula is C18H22ClN5O3S. The molecule has 0 spiro atoms. The number of aromatic nitrogens is 3. The minimum atomic E-state index is -0.580. The van der Waals surface area contributed by atoms with Crippen molar-refractivity contribution in [2.45, 2.75) is 56.6 Å². The summed E-state index contributed by atoms with van der Waals surface area (Å²) in [6.07, 6.45) is 6.00. The van der Waals surface area contributed by atoms with E-state index in [1.807, 2.05) is 6.92 Å². The summed E-state index contributed by atoms with van der Waals surface area (Å²) in [6.45, 7) is 2.80. The van der Waals surface area contributed by atoms with Gasteiger partial charge in [-0.15, -0.1) is 10.2 Å². The summed E-state index contributed by atoms with van der Waals surface area (Å²) < 4.78 is 2.08. The van der Waals surface area contributed by atoms with Crippen molar-refractivity contribution in [1.82, 2.24) is 14.8 Å². The van der Waals surface area contributed by atoms with Gasteiger partial charge in [-0.2, -0.15) is 0 Å². The van der Waals surface area contributed by atoms with Gasteiger partial charge in [0.2, 0.25) is 5.91 Å². The Kier molecular flexibility index (Phi) is 6.90. The molecule has 0 unspecified atom stereocenters. The maximum Gasteiger partial charge on any atom is 0.289 e. The van der Waals surface area contributed by atoms with E-state index in [2.05, 4.69) is 20.1 Å². The van der Waals surface area contributed by atoms with Crippen LogP contribution in [0.4, 0.5) is 11.4 Å². The summed E-state index contributed by atoms with van der Waals surface area (Å²) in [5, 5.41) is 23.0. The van der Waals surface area contributed by atoms with Crippen LogP contribution in [-0.4, -0.2) is 31.3 Å². The number of rotatable bonds is 7. The molecule has 1 fully saturated rings. The Hall–Kier alpha value is -2.13. The molecule has 1 N–H and O–H groups in total. The minimum absolute atomic E-state index is 0.0312. The lowest BCUT2D eigenvalue weighted by atomic mass is 9.89. The van der Waals surface area contributed by atoms with Crippen molar-refractivity contribution in [3.8, 4) is 0 Å². The van der Waals surface area contributed by atoms with Gasteiger partial charge in [0.1, 0.15) is 10.8 Å². The zero-order chi connectivity index (χ0) is 20.1. The zero-order valence-corrected chi connectivity index (χ0v) is 17.1. The van der Waals surface area contributed by atoms with Crippen LogP contribution in [0, 0.1) is 10.1 Å². The van der Waals surface area contributed by atoms with E-state index >= 15 is 0 Å². The fourth-order valence-electron chi connectivity index (χ4n) is 3.42. The van der Waals surface area contributed by atoms with Crippen molar-refractivity contribution < 1.29 is 9.72 Å². The molecule has 0 aliphatic heterocycles. The van der Waals surface area contributed by atoms with E-state index in [4.69, 9.17) is 11.6 Å². The lowest BCUT2D eigenvalue weighted by Gasteiger charge is -2.21. The second-order valence-electron chi connectivity index (χ2n) is 6.68. The Balaban J connectivity index is 1.62. The van der Waals surface area contributed by atoms with Gasteiger partial charge in [-0.25, -0.2) is 0 Å². The van der Waals surface area contributed by atoms with E-state index in [0.717, 1.165) is 30.4 Å². The summed E-state index contributed by atoms with van der Waals surface area (Å²) in [7, 11) is 0. The SMILES string of the molecule is CCn1c(SCC(=O)Nc2ccc(Cl)c([N+](=O)[O-])c2)nnc1C1CCCCC1. The Morgan fingerprint density at radius 2 is 2.11 bits per heavy atom. The number of nitrogens with one attached hydrogen (secondary N) is 1. The highest BCUT2D eigenvalue weighted by molar-refractivity contribution is 7.99. The molecule has 0 radical (unpaired) electrons. The van der Waals surface area contributed by atoms with Crippen LogP contribution in [0.1, 0.15) is 50.8 Å². The molecule has 2 aromatic rings. The topological polar surface area (TPSA) is 103 Å². The Bertz CT molecular complexity index is 867. The smallest absolute Gasteiger partial charge is 0.289 e. The molecule has 0 atom stereocenters. The van der Waals surface area contributed by atoms with Crippen LogP contribution in [0.3, 0.4) is 0 Å². The summed E-state index contributed by atoms with van der Waals surface area (Å²) in [4.78, 5) is 22.6. The first-order chi connectivity index (χ1) is 13.5. The van der Waals surface area contributed by atoms with Crippen LogP contribution in [-0.2, 0) is 11.3 Å². The number of anilines is 1. The van der Waals surface area contributed by atoms with E-state index < -0.39 is 4.92 Å². The van der Waals surface area contributed by atoms with Crippen LogP contribution in [0.15, 0.2) is 23.4 Å². The van der Waals surface area contributed by atoms with Crippen LogP contribution >= 0.6 is 23.4 Å². The second kappa shape index (κ2) is 9.38. The van der Waals surface area contributed by atoms with Gasteiger partial charge in [0.15, 0.2) is 5.16 Å². The van der Waals surface area contributed by atoms with E-state index in [1.165, 1.54) is 49.2 Å². The van der Waals surface area contributed by atoms with Crippen molar-refractivity contribution in [3.05, 3.63) is 39.2 Å². The van der Waals surface area contributed by atoms with Gasteiger partial charge in [0.25, 0.3) is 5.69 Å². The highest BCUT2D eigenvalue weighted by atomic mass is 35.5. The van der Waals surface area contributed by atoms with Gasteiger partial charge in [-0.3, -0.25) is 14.9 Å². The number of nitrogens with zero attached hydrogens (tertiary/aromatic N) is 4. The number of nitro benzene ring substituents is 1. The maximum atomic E-state index is 12.3. The summed E-state index contributed by atoms with van der Waals surface area (Å²) in [6, 6.07) is 4.18. The van der Waals surface area contributed by atoms with Crippen molar-refractivity contribution in [2.24, 2.45) is 0 Å². The first-order valence-corrected chi connectivity index (χ1v) is 10.7. The molecule has 28 heavy (non-hydrogen) atoms. The van der Waals surface area contributed by atoms with Gasteiger partial charge in [0.05, 0.1) is 10.7 Å². The zero-order valence-electron chi connectivity index (χ0n) is 15.6. The van der Waals surface area contributed by atoms with Crippen molar-refractivity contribution in [1.29, 1.82) is 0 Å². The molecule has 10 heteroatoms. The summed E-state index contributed by atoms with van der Waals surface area (Å²) in [5.74, 6) is 1.32. The van der Waals surface area contributed by atoms with E-state index in [0.29, 0.717) is 11.6 Å². The molecule has 1 aliphatic rings. The van der Waals surface area contributed by atoms with Gasteiger partial charge in [-0.1, -0.05) is 42.6 Å². The molecule has 1 aromatic carbocycles. The van der Waals surface area contributed by atoms with Gasteiger partial charge in [0, 0.05) is 24.2 Å². The fourth-order valence-corrected chi connectivity index (χ4v) is 4.42. The normalized spacial score (nSPS) is 14.8. The summed E-state index contributed by atoms with van der Waals surface area (Å²) in [5.41, 5.74) is 0.0940. The number of carbonyl (C=O) groups is 1. The number of hydrogen-bond acceptors (Lipinski definition) is 6.